The number of alkyl halides is 3. The van der Waals surface area contributed by atoms with Gasteiger partial charge in [0.15, 0.2) is 5.76 Å². The molecule has 2 aromatic rings. The molecule has 0 amide bonds. The summed E-state index contributed by atoms with van der Waals surface area (Å²) in [6.07, 6.45) is -0.367. The lowest BCUT2D eigenvalue weighted by molar-refractivity contribution is -0.137. The molecular weight excluding hydrogens is 347 g/mol. The number of rotatable bonds is 2. The van der Waals surface area contributed by atoms with Crippen LogP contribution in [0.1, 0.15) is 42.9 Å². The maximum Gasteiger partial charge on any atom is 0.417 e. The van der Waals surface area contributed by atoms with Crippen molar-refractivity contribution in [3.8, 4) is 11.3 Å². The summed E-state index contributed by atoms with van der Waals surface area (Å²) in [5.74, 6) is 0.415. The minimum absolute atomic E-state index is 0.0603. The van der Waals surface area contributed by atoms with Crippen LogP contribution in [0.25, 0.3) is 11.3 Å². The first kappa shape index (κ1) is 14.6. The van der Waals surface area contributed by atoms with Crippen LogP contribution in [-0.4, -0.2) is 4.98 Å². The second kappa shape index (κ2) is 5.48. The highest BCUT2D eigenvalue weighted by molar-refractivity contribution is 9.10. The Kier molecular flexibility index (Phi) is 3.82. The minimum atomic E-state index is -4.41. The standard InChI is InChI=1S/C15H13BrF3NO/c16-14-20-12(9-5-1-2-6-9)13(21-14)10-7-3-4-8-11(10)15(17,18)19/h3-4,7-9H,1-2,5-6H2. The summed E-state index contributed by atoms with van der Waals surface area (Å²) in [6.45, 7) is 0. The average Bonchev–Trinajstić information content (AvgIpc) is 3.06. The van der Waals surface area contributed by atoms with Crippen molar-refractivity contribution >= 4 is 15.9 Å². The molecule has 0 saturated heterocycles. The number of hydrogen-bond acceptors (Lipinski definition) is 2. The maximum atomic E-state index is 13.2. The fourth-order valence-corrected chi connectivity index (χ4v) is 3.25. The smallest absolute Gasteiger partial charge is 0.417 e. The first-order chi connectivity index (χ1) is 9.97. The normalized spacial score (nSPS) is 16.6. The molecule has 1 aliphatic rings. The zero-order valence-electron chi connectivity index (χ0n) is 11.1. The van der Waals surface area contributed by atoms with E-state index >= 15 is 0 Å². The molecule has 1 saturated carbocycles. The molecule has 0 N–H and O–H groups in total. The molecule has 1 aromatic heterocycles. The predicted molar refractivity (Wildman–Crippen MR) is 75.9 cm³/mol. The monoisotopic (exact) mass is 359 g/mol. The quantitative estimate of drug-likeness (QED) is 0.679. The summed E-state index contributed by atoms with van der Waals surface area (Å²) in [5.41, 5.74) is 0.00840. The summed E-state index contributed by atoms with van der Waals surface area (Å²) >= 11 is 3.14. The van der Waals surface area contributed by atoms with Gasteiger partial charge < -0.3 is 4.42 Å². The number of hydrogen-bond donors (Lipinski definition) is 0. The van der Waals surface area contributed by atoms with Crippen molar-refractivity contribution in [1.29, 1.82) is 0 Å². The third kappa shape index (κ3) is 2.86. The topological polar surface area (TPSA) is 26.0 Å². The van der Waals surface area contributed by atoms with Gasteiger partial charge in [0.1, 0.15) is 0 Å². The lowest BCUT2D eigenvalue weighted by Crippen LogP contribution is -2.07. The summed E-state index contributed by atoms with van der Waals surface area (Å²) in [6, 6.07) is 5.48. The Morgan fingerprint density at radius 2 is 1.81 bits per heavy atom. The summed E-state index contributed by atoms with van der Waals surface area (Å²) in [7, 11) is 0. The van der Waals surface area contributed by atoms with Crippen LogP contribution in [0.4, 0.5) is 13.2 Å². The van der Waals surface area contributed by atoms with E-state index in [-0.39, 0.29) is 22.0 Å². The van der Waals surface area contributed by atoms with Crippen LogP contribution < -0.4 is 0 Å². The molecule has 0 spiro atoms. The van der Waals surface area contributed by atoms with Gasteiger partial charge in [0.25, 0.3) is 4.80 Å². The first-order valence-corrected chi connectivity index (χ1v) is 7.59. The predicted octanol–water partition coefficient (Wildman–Crippen LogP) is 5.78. The van der Waals surface area contributed by atoms with Gasteiger partial charge in [0.05, 0.1) is 11.3 Å². The third-order valence-corrected chi connectivity index (χ3v) is 4.19. The van der Waals surface area contributed by atoms with E-state index in [0.717, 1.165) is 31.7 Å². The highest BCUT2D eigenvalue weighted by atomic mass is 79.9. The van der Waals surface area contributed by atoms with E-state index in [1.54, 1.807) is 6.07 Å². The molecule has 3 rings (SSSR count). The number of oxazole rings is 1. The molecule has 2 nitrogen and oxygen atoms in total. The molecule has 1 fully saturated rings. The maximum absolute atomic E-state index is 13.2. The average molecular weight is 360 g/mol. The Balaban J connectivity index is 2.13. The van der Waals surface area contributed by atoms with E-state index in [1.807, 2.05) is 0 Å². The molecule has 0 aliphatic heterocycles. The van der Waals surface area contributed by atoms with Gasteiger partial charge in [-0.2, -0.15) is 13.2 Å². The molecule has 0 radical (unpaired) electrons. The van der Waals surface area contributed by atoms with Gasteiger partial charge in [-0.05, 0) is 18.9 Å². The Labute approximate surface area is 128 Å². The van der Waals surface area contributed by atoms with Crippen LogP contribution in [0.3, 0.4) is 0 Å². The van der Waals surface area contributed by atoms with Crippen molar-refractivity contribution in [2.45, 2.75) is 37.8 Å². The molecule has 21 heavy (non-hydrogen) atoms. The Morgan fingerprint density at radius 1 is 1.14 bits per heavy atom. The largest absolute Gasteiger partial charge is 0.431 e. The van der Waals surface area contributed by atoms with Gasteiger partial charge in [-0.15, -0.1) is 0 Å². The summed E-state index contributed by atoms with van der Waals surface area (Å²) < 4.78 is 45.0. The lowest BCUT2D eigenvalue weighted by Gasteiger charge is -2.13. The summed E-state index contributed by atoms with van der Waals surface area (Å²) in [4.78, 5) is 4.51. The lowest BCUT2D eigenvalue weighted by atomic mass is 9.96. The van der Waals surface area contributed by atoms with E-state index in [9.17, 15) is 13.2 Å². The van der Waals surface area contributed by atoms with E-state index < -0.39 is 11.7 Å². The van der Waals surface area contributed by atoms with Crippen LogP contribution >= 0.6 is 15.9 Å². The summed E-state index contributed by atoms with van der Waals surface area (Å²) in [5, 5.41) is 0. The first-order valence-electron chi connectivity index (χ1n) is 6.79. The SMILES string of the molecule is FC(F)(F)c1ccccc1-c1oc(Br)nc1C1CCCC1. The molecule has 0 bridgehead atoms. The van der Waals surface area contributed by atoms with Crippen LogP contribution in [0.5, 0.6) is 0 Å². The number of nitrogens with zero attached hydrogens (tertiary/aromatic N) is 1. The number of halogens is 4. The van der Waals surface area contributed by atoms with E-state index in [4.69, 9.17) is 4.42 Å². The third-order valence-electron chi connectivity index (χ3n) is 3.85. The van der Waals surface area contributed by atoms with E-state index in [0.29, 0.717) is 5.69 Å². The van der Waals surface area contributed by atoms with Crippen molar-refractivity contribution in [2.75, 3.05) is 0 Å². The molecule has 1 aliphatic carbocycles. The molecule has 112 valence electrons. The van der Waals surface area contributed by atoms with Crippen molar-refractivity contribution in [1.82, 2.24) is 4.98 Å². The van der Waals surface area contributed by atoms with Gasteiger partial charge in [-0.25, -0.2) is 4.98 Å². The van der Waals surface area contributed by atoms with Crippen LogP contribution in [-0.2, 0) is 6.18 Å². The van der Waals surface area contributed by atoms with E-state index in [2.05, 4.69) is 20.9 Å². The van der Waals surface area contributed by atoms with Gasteiger partial charge in [-0.3, -0.25) is 0 Å². The van der Waals surface area contributed by atoms with Crippen molar-refractivity contribution in [2.24, 2.45) is 0 Å². The zero-order valence-corrected chi connectivity index (χ0v) is 12.7. The van der Waals surface area contributed by atoms with E-state index in [1.165, 1.54) is 12.1 Å². The second-order valence-electron chi connectivity index (χ2n) is 5.21. The molecule has 1 aromatic carbocycles. The van der Waals surface area contributed by atoms with Gasteiger partial charge in [0, 0.05) is 27.4 Å². The molecular formula is C15H13BrF3NO. The van der Waals surface area contributed by atoms with Crippen molar-refractivity contribution in [3.63, 3.8) is 0 Å². The van der Waals surface area contributed by atoms with Crippen molar-refractivity contribution < 1.29 is 17.6 Å². The minimum Gasteiger partial charge on any atom is -0.431 e. The van der Waals surface area contributed by atoms with Crippen LogP contribution in [0.2, 0.25) is 0 Å². The fourth-order valence-electron chi connectivity index (χ4n) is 2.90. The Hall–Kier alpha value is -1.30. The fraction of sp³-hybridized carbons (Fsp3) is 0.400. The highest BCUT2D eigenvalue weighted by Gasteiger charge is 2.36. The van der Waals surface area contributed by atoms with Gasteiger partial charge >= 0.3 is 6.18 Å². The van der Waals surface area contributed by atoms with Crippen LogP contribution in [0, 0.1) is 0 Å². The molecule has 0 unspecified atom stereocenters. The van der Waals surface area contributed by atoms with Gasteiger partial charge in [-0.1, -0.05) is 31.0 Å². The Morgan fingerprint density at radius 3 is 2.48 bits per heavy atom. The Bertz CT molecular complexity index is 645. The van der Waals surface area contributed by atoms with Crippen LogP contribution in [0.15, 0.2) is 33.5 Å². The zero-order chi connectivity index (χ0) is 15.0. The molecule has 6 heteroatoms. The van der Waals surface area contributed by atoms with Gasteiger partial charge in [0.2, 0.25) is 0 Å². The highest BCUT2D eigenvalue weighted by Crippen LogP contribution is 2.43. The molecule has 0 atom stereocenters. The number of aromatic nitrogens is 1. The number of benzene rings is 1. The molecule has 1 heterocycles. The second-order valence-corrected chi connectivity index (χ2v) is 5.88. The van der Waals surface area contributed by atoms with Crippen molar-refractivity contribution in [3.05, 3.63) is 40.3 Å².